The van der Waals surface area contributed by atoms with Crippen molar-refractivity contribution < 1.29 is 9.59 Å². The summed E-state index contributed by atoms with van der Waals surface area (Å²) in [6.07, 6.45) is 8.06. The lowest BCUT2D eigenvalue weighted by Crippen LogP contribution is -2.33. The van der Waals surface area contributed by atoms with Gasteiger partial charge in [0.25, 0.3) is 11.8 Å². The highest BCUT2D eigenvalue weighted by atomic mass is 16.2. The fourth-order valence-corrected chi connectivity index (χ4v) is 3.17. The number of amides is 2. The van der Waals surface area contributed by atoms with Gasteiger partial charge in [0, 0.05) is 12.2 Å². The van der Waals surface area contributed by atoms with E-state index in [4.69, 9.17) is 0 Å². The Balaban J connectivity index is 1.84. The summed E-state index contributed by atoms with van der Waals surface area (Å²) < 4.78 is 0. The molecule has 3 rings (SSSR count). The van der Waals surface area contributed by atoms with Gasteiger partial charge in [0.1, 0.15) is 0 Å². The molecule has 2 aliphatic rings. The maximum Gasteiger partial charge on any atom is 0.254 e. The molecule has 3 heteroatoms. The maximum absolute atomic E-state index is 11.8. The molecule has 0 spiro atoms. The van der Waals surface area contributed by atoms with Crippen LogP contribution in [-0.4, -0.2) is 16.7 Å². The van der Waals surface area contributed by atoms with Crippen LogP contribution in [0.25, 0.3) is 0 Å². The molecule has 0 unspecified atom stereocenters. The number of rotatable bonds is 4. The minimum atomic E-state index is -0.178. The lowest BCUT2D eigenvalue weighted by molar-refractivity contribution is -0.139. The van der Waals surface area contributed by atoms with E-state index in [0.29, 0.717) is 0 Å². The van der Waals surface area contributed by atoms with Crippen molar-refractivity contribution in [3.8, 4) is 0 Å². The molecule has 104 valence electrons. The summed E-state index contributed by atoms with van der Waals surface area (Å²) in [5, 5.41) is 0. The monoisotopic (exact) mass is 269 g/mol. The van der Waals surface area contributed by atoms with Gasteiger partial charge in [-0.3, -0.25) is 14.5 Å². The molecule has 0 radical (unpaired) electrons. The van der Waals surface area contributed by atoms with E-state index >= 15 is 0 Å². The highest BCUT2D eigenvalue weighted by molar-refractivity contribution is 6.13. The van der Waals surface area contributed by atoms with Crippen molar-refractivity contribution in [1.29, 1.82) is 0 Å². The summed E-state index contributed by atoms with van der Waals surface area (Å²) in [5.74, 6) is -0.356. The summed E-state index contributed by atoms with van der Waals surface area (Å²) in [4.78, 5) is 25.0. The fraction of sp³-hybridized carbons (Fsp3) is 0.412. The fourth-order valence-electron chi connectivity index (χ4n) is 3.17. The maximum atomic E-state index is 11.8. The molecule has 3 nitrogen and oxygen atoms in total. The molecule has 20 heavy (non-hydrogen) atoms. The molecule has 1 heterocycles. The molecule has 0 saturated carbocycles. The van der Waals surface area contributed by atoms with Crippen LogP contribution in [0.1, 0.15) is 48.9 Å². The van der Waals surface area contributed by atoms with Crippen LogP contribution in [0, 0.1) is 0 Å². The molecule has 0 bridgehead atoms. The molecule has 0 aromatic heterocycles. The molecular formula is C17H19NO2. The van der Waals surface area contributed by atoms with Crippen LogP contribution in [0.4, 0.5) is 0 Å². The van der Waals surface area contributed by atoms with Gasteiger partial charge in [-0.05, 0) is 42.4 Å². The third kappa shape index (κ3) is 2.17. The Morgan fingerprint density at radius 1 is 1.20 bits per heavy atom. The van der Waals surface area contributed by atoms with Gasteiger partial charge >= 0.3 is 0 Å². The first-order valence-electron chi connectivity index (χ1n) is 7.37. The molecule has 0 saturated heterocycles. The zero-order valence-corrected chi connectivity index (χ0v) is 11.8. The highest BCUT2D eigenvalue weighted by Gasteiger charge is 2.35. The molecule has 0 fully saturated rings. The smallest absolute Gasteiger partial charge is 0.254 e. The molecule has 1 aliphatic heterocycles. The lowest BCUT2D eigenvalue weighted by atomic mass is 10.0. The van der Waals surface area contributed by atoms with E-state index in [-0.39, 0.29) is 17.9 Å². The Labute approximate surface area is 119 Å². The number of aryl methyl sites for hydroxylation is 2. The van der Waals surface area contributed by atoms with Crippen molar-refractivity contribution >= 4 is 11.8 Å². The van der Waals surface area contributed by atoms with Gasteiger partial charge in [0.15, 0.2) is 0 Å². The van der Waals surface area contributed by atoms with Gasteiger partial charge in [-0.2, -0.15) is 0 Å². The van der Waals surface area contributed by atoms with Crippen molar-refractivity contribution in [3.05, 3.63) is 47.0 Å². The third-order valence-corrected chi connectivity index (χ3v) is 4.23. The zero-order chi connectivity index (χ0) is 14.1. The molecule has 2 amide bonds. The number of carbonyl (C=O) groups is 2. The normalized spacial score (nSPS) is 20.9. The minimum Gasteiger partial charge on any atom is -0.269 e. The van der Waals surface area contributed by atoms with Crippen LogP contribution >= 0.6 is 0 Å². The second kappa shape index (κ2) is 5.23. The molecule has 1 atom stereocenters. The first kappa shape index (κ1) is 13.1. The van der Waals surface area contributed by atoms with Crippen LogP contribution in [0.3, 0.4) is 0 Å². The predicted molar refractivity (Wildman–Crippen MR) is 77.1 cm³/mol. The number of hydrogen-bond donors (Lipinski definition) is 0. The SMILES string of the molecule is CCCCc1ccc2c(c1)CC[C@@H]2N1C(=O)C=CC1=O. The molecule has 0 N–H and O–H groups in total. The number of benzene rings is 1. The number of unbranched alkanes of at least 4 members (excludes halogenated alkanes) is 1. The minimum absolute atomic E-state index is 0.0692. The Morgan fingerprint density at radius 3 is 2.65 bits per heavy atom. The number of fused-ring (bicyclic) bond motifs is 1. The summed E-state index contributed by atoms with van der Waals surface area (Å²) in [5.41, 5.74) is 3.82. The quantitative estimate of drug-likeness (QED) is 0.788. The van der Waals surface area contributed by atoms with Crippen molar-refractivity contribution in [2.45, 2.75) is 45.1 Å². The van der Waals surface area contributed by atoms with Gasteiger partial charge in [-0.25, -0.2) is 0 Å². The van der Waals surface area contributed by atoms with Crippen LogP contribution in [0.15, 0.2) is 30.4 Å². The largest absolute Gasteiger partial charge is 0.269 e. The Bertz CT molecular complexity index is 571. The van der Waals surface area contributed by atoms with Crippen LogP contribution in [0.2, 0.25) is 0 Å². The Morgan fingerprint density at radius 2 is 1.95 bits per heavy atom. The Kier molecular flexibility index (Phi) is 3.43. The summed E-state index contributed by atoms with van der Waals surface area (Å²) in [6.45, 7) is 2.20. The summed E-state index contributed by atoms with van der Waals surface area (Å²) >= 11 is 0. The lowest BCUT2D eigenvalue weighted by Gasteiger charge is -2.22. The molecular weight excluding hydrogens is 250 g/mol. The van der Waals surface area contributed by atoms with E-state index in [1.165, 1.54) is 41.0 Å². The van der Waals surface area contributed by atoms with Crippen molar-refractivity contribution in [3.63, 3.8) is 0 Å². The second-order valence-corrected chi connectivity index (χ2v) is 5.57. The van der Waals surface area contributed by atoms with Crippen LogP contribution in [-0.2, 0) is 22.4 Å². The first-order valence-corrected chi connectivity index (χ1v) is 7.37. The Hall–Kier alpha value is -1.90. The van der Waals surface area contributed by atoms with Crippen molar-refractivity contribution in [2.75, 3.05) is 0 Å². The van der Waals surface area contributed by atoms with E-state index in [1.807, 2.05) is 0 Å². The number of imide groups is 1. The molecule has 1 aromatic carbocycles. The van der Waals surface area contributed by atoms with Crippen LogP contribution in [0.5, 0.6) is 0 Å². The first-order chi connectivity index (χ1) is 9.70. The summed E-state index contributed by atoms with van der Waals surface area (Å²) in [6, 6.07) is 6.44. The van der Waals surface area contributed by atoms with Crippen molar-refractivity contribution in [2.24, 2.45) is 0 Å². The van der Waals surface area contributed by atoms with E-state index in [1.54, 1.807) is 0 Å². The zero-order valence-electron chi connectivity index (χ0n) is 11.8. The third-order valence-electron chi connectivity index (χ3n) is 4.23. The van der Waals surface area contributed by atoms with Gasteiger partial charge in [-0.1, -0.05) is 31.5 Å². The number of hydrogen-bond acceptors (Lipinski definition) is 2. The standard InChI is InChI=1S/C17H19NO2/c1-2-3-4-12-5-7-14-13(11-12)6-8-15(14)18-16(19)9-10-17(18)20/h5,7,9-11,15H,2-4,6,8H2,1H3/t15-/m0/s1. The van der Waals surface area contributed by atoms with Gasteiger partial charge in [-0.15, -0.1) is 0 Å². The van der Waals surface area contributed by atoms with E-state index < -0.39 is 0 Å². The van der Waals surface area contributed by atoms with E-state index in [2.05, 4.69) is 25.1 Å². The molecule has 1 aromatic rings. The second-order valence-electron chi connectivity index (χ2n) is 5.57. The van der Waals surface area contributed by atoms with Gasteiger partial charge in [0.2, 0.25) is 0 Å². The topological polar surface area (TPSA) is 37.4 Å². The average Bonchev–Trinajstić information content (AvgIpc) is 2.99. The average molecular weight is 269 g/mol. The number of nitrogens with zero attached hydrogens (tertiary/aromatic N) is 1. The summed E-state index contributed by atoms with van der Waals surface area (Å²) in [7, 11) is 0. The van der Waals surface area contributed by atoms with Crippen LogP contribution < -0.4 is 0 Å². The van der Waals surface area contributed by atoms with E-state index in [0.717, 1.165) is 24.8 Å². The predicted octanol–water partition coefficient (Wildman–Crippen LogP) is 2.94. The highest BCUT2D eigenvalue weighted by Crippen LogP contribution is 2.37. The van der Waals surface area contributed by atoms with Gasteiger partial charge < -0.3 is 0 Å². The number of carbonyl (C=O) groups excluding carboxylic acids is 2. The molecule has 1 aliphatic carbocycles. The van der Waals surface area contributed by atoms with E-state index in [9.17, 15) is 9.59 Å². The van der Waals surface area contributed by atoms with Crippen molar-refractivity contribution in [1.82, 2.24) is 4.90 Å². The van der Waals surface area contributed by atoms with Gasteiger partial charge in [0.05, 0.1) is 6.04 Å².